The Bertz CT molecular complexity index is 702. The van der Waals surface area contributed by atoms with Crippen molar-refractivity contribution in [2.75, 3.05) is 26.7 Å². The molecule has 1 atom stereocenters. The lowest BCUT2D eigenvalue weighted by atomic mass is 9.99. The number of hydrogen-bond donors (Lipinski definition) is 2. The number of piperidine rings is 1. The molecule has 0 aliphatic carbocycles. The predicted molar refractivity (Wildman–Crippen MR) is 86.7 cm³/mol. The fraction of sp³-hybridized carbons (Fsp3) is 0.467. The maximum absolute atomic E-state index is 12.7. The van der Waals surface area contributed by atoms with Crippen LogP contribution in [0.3, 0.4) is 0 Å². The number of nitrogens with zero attached hydrogens (tertiary/aromatic N) is 1. The smallest absolute Gasteiger partial charge is 0.243 e. The highest BCUT2D eigenvalue weighted by Crippen LogP contribution is 2.25. The topological polar surface area (TPSA) is 119 Å². The van der Waals surface area contributed by atoms with Gasteiger partial charge in [-0.05, 0) is 37.1 Å². The minimum Gasteiger partial charge on any atom is -0.497 e. The number of nitrogens with one attached hydrogen (secondary N) is 1. The van der Waals surface area contributed by atoms with E-state index in [4.69, 9.17) is 10.5 Å². The SMILES string of the molecule is COc1ccc(S(=O)(=O)N2CCC[C@@H](C(=O)NCC(N)=O)C2)cc1. The van der Waals surface area contributed by atoms with Gasteiger partial charge in [0.15, 0.2) is 0 Å². The molecular weight excluding hydrogens is 334 g/mol. The van der Waals surface area contributed by atoms with E-state index in [0.29, 0.717) is 25.1 Å². The monoisotopic (exact) mass is 355 g/mol. The normalized spacial score (nSPS) is 18.8. The Labute approximate surface area is 141 Å². The number of nitrogens with two attached hydrogens (primary N) is 1. The Morgan fingerprint density at radius 3 is 2.58 bits per heavy atom. The molecule has 1 fully saturated rings. The first-order valence-electron chi connectivity index (χ1n) is 7.55. The van der Waals surface area contributed by atoms with Gasteiger partial charge in [-0.2, -0.15) is 4.31 Å². The van der Waals surface area contributed by atoms with Crippen LogP contribution in [0.4, 0.5) is 0 Å². The van der Waals surface area contributed by atoms with Crippen molar-refractivity contribution in [3.63, 3.8) is 0 Å². The van der Waals surface area contributed by atoms with Crippen LogP contribution in [0.1, 0.15) is 12.8 Å². The van der Waals surface area contributed by atoms with Crippen LogP contribution in [0.15, 0.2) is 29.2 Å². The molecule has 2 rings (SSSR count). The number of carbonyl (C=O) groups excluding carboxylic acids is 2. The fourth-order valence-corrected chi connectivity index (χ4v) is 4.11. The van der Waals surface area contributed by atoms with Gasteiger partial charge in [0, 0.05) is 13.1 Å². The lowest BCUT2D eigenvalue weighted by Crippen LogP contribution is -2.46. The van der Waals surface area contributed by atoms with Crippen molar-refractivity contribution >= 4 is 21.8 Å². The molecule has 8 nitrogen and oxygen atoms in total. The molecule has 1 aromatic rings. The third-order valence-corrected chi connectivity index (χ3v) is 5.77. The van der Waals surface area contributed by atoms with E-state index in [1.807, 2.05) is 0 Å². The van der Waals surface area contributed by atoms with Crippen LogP contribution in [0, 0.1) is 5.92 Å². The van der Waals surface area contributed by atoms with Crippen molar-refractivity contribution in [1.82, 2.24) is 9.62 Å². The van der Waals surface area contributed by atoms with Crippen LogP contribution >= 0.6 is 0 Å². The molecule has 0 bridgehead atoms. The van der Waals surface area contributed by atoms with Crippen molar-refractivity contribution in [3.8, 4) is 5.75 Å². The third kappa shape index (κ3) is 4.24. The minimum atomic E-state index is -3.68. The van der Waals surface area contributed by atoms with E-state index in [-0.39, 0.29) is 23.9 Å². The van der Waals surface area contributed by atoms with Crippen molar-refractivity contribution in [2.24, 2.45) is 11.7 Å². The zero-order chi connectivity index (χ0) is 17.7. The average Bonchev–Trinajstić information content (AvgIpc) is 2.59. The highest BCUT2D eigenvalue weighted by molar-refractivity contribution is 7.89. The van der Waals surface area contributed by atoms with Gasteiger partial charge in [-0.25, -0.2) is 8.42 Å². The number of primary amides is 1. The molecule has 132 valence electrons. The average molecular weight is 355 g/mol. The van der Waals surface area contributed by atoms with Gasteiger partial charge >= 0.3 is 0 Å². The zero-order valence-corrected chi connectivity index (χ0v) is 14.2. The first-order chi connectivity index (χ1) is 11.3. The molecule has 1 heterocycles. The van der Waals surface area contributed by atoms with E-state index in [0.717, 1.165) is 0 Å². The number of benzene rings is 1. The van der Waals surface area contributed by atoms with Crippen molar-refractivity contribution in [1.29, 1.82) is 0 Å². The van der Waals surface area contributed by atoms with Crippen LogP contribution in [-0.4, -0.2) is 51.3 Å². The van der Waals surface area contributed by atoms with Crippen molar-refractivity contribution < 1.29 is 22.7 Å². The summed E-state index contributed by atoms with van der Waals surface area (Å²) in [7, 11) is -2.18. The quantitative estimate of drug-likeness (QED) is 0.726. The van der Waals surface area contributed by atoms with Gasteiger partial charge < -0.3 is 15.8 Å². The van der Waals surface area contributed by atoms with Crippen LogP contribution < -0.4 is 15.8 Å². The van der Waals surface area contributed by atoms with E-state index in [1.165, 1.54) is 23.5 Å². The molecule has 1 saturated heterocycles. The standard InChI is InChI=1S/C15H21N3O5S/c1-23-12-4-6-13(7-5-12)24(21,22)18-8-2-3-11(10-18)15(20)17-9-14(16)19/h4-7,11H,2-3,8-10H2,1H3,(H2,16,19)(H,17,20)/t11-/m1/s1. The molecule has 2 amide bonds. The number of hydrogen-bond acceptors (Lipinski definition) is 5. The molecule has 9 heteroatoms. The number of methoxy groups -OCH3 is 1. The molecule has 1 aromatic carbocycles. The van der Waals surface area contributed by atoms with Gasteiger partial charge in [0.05, 0.1) is 24.5 Å². The van der Waals surface area contributed by atoms with Crippen LogP contribution in [-0.2, 0) is 19.6 Å². The van der Waals surface area contributed by atoms with E-state index in [1.54, 1.807) is 12.1 Å². The molecular formula is C15H21N3O5S. The first kappa shape index (κ1) is 18.2. The minimum absolute atomic E-state index is 0.0823. The zero-order valence-electron chi connectivity index (χ0n) is 13.4. The second-order valence-electron chi connectivity index (χ2n) is 5.56. The highest BCUT2D eigenvalue weighted by Gasteiger charge is 2.33. The van der Waals surface area contributed by atoms with Gasteiger partial charge in [-0.15, -0.1) is 0 Å². The largest absolute Gasteiger partial charge is 0.497 e. The summed E-state index contributed by atoms with van der Waals surface area (Å²) in [6.07, 6.45) is 1.14. The summed E-state index contributed by atoms with van der Waals surface area (Å²) in [4.78, 5) is 22.9. The number of carbonyl (C=O) groups is 2. The highest BCUT2D eigenvalue weighted by atomic mass is 32.2. The van der Waals surface area contributed by atoms with Crippen LogP contribution in [0.25, 0.3) is 0 Å². The molecule has 1 aliphatic rings. The summed E-state index contributed by atoms with van der Waals surface area (Å²) in [5, 5.41) is 2.43. The maximum atomic E-state index is 12.7. The Kier molecular flexibility index (Phi) is 5.79. The summed E-state index contributed by atoms with van der Waals surface area (Å²) in [6, 6.07) is 6.11. The van der Waals surface area contributed by atoms with Gasteiger partial charge in [-0.3, -0.25) is 9.59 Å². The maximum Gasteiger partial charge on any atom is 0.243 e. The Morgan fingerprint density at radius 2 is 2.00 bits per heavy atom. The van der Waals surface area contributed by atoms with E-state index in [2.05, 4.69) is 5.32 Å². The Morgan fingerprint density at radius 1 is 1.33 bits per heavy atom. The fourth-order valence-electron chi connectivity index (χ4n) is 2.59. The lowest BCUT2D eigenvalue weighted by Gasteiger charge is -2.31. The molecule has 1 aliphatic heterocycles. The molecule has 0 saturated carbocycles. The van der Waals surface area contributed by atoms with E-state index >= 15 is 0 Å². The van der Waals surface area contributed by atoms with Gasteiger partial charge in [0.1, 0.15) is 5.75 Å². The van der Waals surface area contributed by atoms with Crippen LogP contribution in [0.5, 0.6) is 5.75 Å². The number of rotatable bonds is 6. The van der Waals surface area contributed by atoms with Gasteiger partial charge in [-0.1, -0.05) is 0 Å². The van der Waals surface area contributed by atoms with Crippen molar-refractivity contribution in [3.05, 3.63) is 24.3 Å². The second-order valence-corrected chi connectivity index (χ2v) is 7.50. The van der Waals surface area contributed by atoms with E-state index in [9.17, 15) is 18.0 Å². The number of ether oxygens (including phenoxy) is 1. The summed E-state index contributed by atoms with van der Waals surface area (Å²) >= 11 is 0. The Balaban J connectivity index is 2.09. The molecule has 3 N–H and O–H groups in total. The Hall–Kier alpha value is -2.13. The summed E-state index contributed by atoms with van der Waals surface area (Å²) in [5.74, 6) is -0.923. The summed E-state index contributed by atoms with van der Waals surface area (Å²) < 4.78 is 31.7. The molecule has 24 heavy (non-hydrogen) atoms. The second kappa shape index (κ2) is 7.63. The van der Waals surface area contributed by atoms with Crippen molar-refractivity contribution in [2.45, 2.75) is 17.7 Å². The lowest BCUT2D eigenvalue weighted by molar-refractivity contribution is -0.128. The van der Waals surface area contributed by atoms with Crippen LogP contribution in [0.2, 0.25) is 0 Å². The van der Waals surface area contributed by atoms with E-state index < -0.39 is 21.8 Å². The van der Waals surface area contributed by atoms with Gasteiger partial charge in [0.25, 0.3) is 0 Å². The molecule has 0 radical (unpaired) electrons. The number of amides is 2. The summed E-state index contributed by atoms with van der Waals surface area (Å²) in [6.45, 7) is 0.188. The summed E-state index contributed by atoms with van der Waals surface area (Å²) in [5.41, 5.74) is 5.00. The third-order valence-electron chi connectivity index (χ3n) is 3.89. The predicted octanol–water partition coefficient (Wildman–Crippen LogP) is -0.303. The molecule has 0 aromatic heterocycles. The van der Waals surface area contributed by atoms with Gasteiger partial charge in [0.2, 0.25) is 21.8 Å². The first-order valence-corrected chi connectivity index (χ1v) is 8.99. The molecule has 0 unspecified atom stereocenters. The number of sulfonamides is 1. The molecule has 0 spiro atoms.